The highest BCUT2D eigenvalue weighted by atomic mass is 35.5. The fraction of sp³-hybridized carbons (Fsp3) is 0.312. The van der Waals surface area contributed by atoms with E-state index in [2.05, 4.69) is 23.3 Å². The molecule has 1 aromatic heterocycles. The molecule has 0 radical (unpaired) electrons. The van der Waals surface area contributed by atoms with Crippen LogP contribution < -0.4 is 0 Å². The van der Waals surface area contributed by atoms with Crippen molar-refractivity contribution in [3.8, 4) is 0 Å². The Morgan fingerprint density at radius 1 is 1.38 bits per heavy atom. The van der Waals surface area contributed by atoms with Gasteiger partial charge in [0.2, 0.25) is 0 Å². The number of hydrogen-bond donors (Lipinski definition) is 0. The molecule has 0 amide bonds. The average molecular weight is 340 g/mol. The Labute approximate surface area is 138 Å². The number of benzene rings is 1. The molecule has 2 heterocycles. The molecule has 1 unspecified atom stereocenters. The van der Waals surface area contributed by atoms with Gasteiger partial charge in [-0.2, -0.15) is 0 Å². The second kappa shape index (κ2) is 6.09. The maximum Gasteiger partial charge on any atom is 0.178 e. The zero-order chi connectivity index (χ0) is 15.0. The molecule has 1 aliphatic rings. The number of Topliss-reactive ketones (excluding diaryl/α,β-unsaturated/α-hetero) is 1. The van der Waals surface area contributed by atoms with Crippen molar-refractivity contribution in [2.45, 2.75) is 19.4 Å². The minimum Gasteiger partial charge on any atom is -0.293 e. The zero-order valence-corrected chi connectivity index (χ0v) is 13.9. The summed E-state index contributed by atoms with van der Waals surface area (Å²) in [6.45, 7) is 3.45. The minimum atomic E-state index is 0.0437. The van der Waals surface area contributed by atoms with E-state index in [9.17, 15) is 4.79 Å². The summed E-state index contributed by atoms with van der Waals surface area (Å²) in [5, 5.41) is 3.10. The van der Waals surface area contributed by atoms with E-state index >= 15 is 0 Å². The Kier molecular flexibility index (Phi) is 4.36. The summed E-state index contributed by atoms with van der Waals surface area (Å²) in [7, 11) is 0. The Balaban J connectivity index is 1.76. The van der Waals surface area contributed by atoms with Gasteiger partial charge in [0.25, 0.3) is 0 Å². The van der Waals surface area contributed by atoms with E-state index in [-0.39, 0.29) is 11.8 Å². The molecule has 1 atom stereocenters. The highest BCUT2D eigenvalue weighted by Crippen LogP contribution is 2.33. The van der Waals surface area contributed by atoms with Crippen LogP contribution in [-0.4, -0.2) is 23.8 Å². The first-order valence-electron chi connectivity index (χ1n) is 6.85. The van der Waals surface area contributed by atoms with Gasteiger partial charge in [-0.25, -0.2) is 0 Å². The summed E-state index contributed by atoms with van der Waals surface area (Å²) in [6, 6.07) is 7.47. The predicted octanol–water partition coefficient (Wildman–Crippen LogP) is 4.86. The third-order valence-corrected chi connectivity index (χ3v) is 5.53. The van der Waals surface area contributed by atoms with Crippen molar-refractivity contribution in [2.75, 3.05) is 13.1 Å². The topological polar surface area (TPSA) is 20.3 Å². The van der Waals surface area contributed by atoms with Crippen molar-refractivity contribution in [3.05, 3.63) is 55.7 Å². The Morgan fingerprint density at radius 3 is 2.95 bits per heavy atom. The molecule has 0 N–H and O–H groups in total. The molecule has 110 valence electrons. The van der Waals surface area contributed by atoms with Crippen molar-refractivity contribution in [3.63, 3.8) is 0 Å². The molecule has 3 rings (SSSR count). The number of carbonyl (C=O) groups is 1. The quantitative estimate of drug-likeness (QED) is 0.744. The van der Waals surface area contributed by atoms with Gasteiger partial charge in [-0.15, -0.1) is 11.3 Å². The van der Waals surface area contributed by atoms with E-state index in [4.69, 9.17) is 23.2 Å². The van der Waals surface area contributed by atoms with E-state index < -0.39 is 0 Å². The first-order valence-corrected chi connectivity index (χ1v) is 8.48. The van der Waals surface area contributed by atoms with Crippen LogP contribution in [0.4, 0.5) is 0 Å². The van der Waals surface area contributed by atoms with Crippen molar-refractivity contribution in [2.24, 2.45) is 0 Å². The molecule has 2 nitrogen and oxygen atoms in total. The van der Waals surface area contributed by atoms with Gasteiger partial charge < -0.3 is 0 Å². The third kappa shape index (κ3) is 3.02. The second-order valence-corrected chi connectivity index (χ2v) is 7.09. The summed E-state index contributed by atoms with van der Waals surface area (Å²) in [5.41, 5.74) is 1.89. The van der Waals surface area contributed by atoms with Crippen LogP contribution in [0.1, 0.15) is 33.8 Å². The van der Waals surface area contributed by atoms with E-state index in [0.29, 0.717) is 22.2 Å². The first-order chi connectivity index (χ1) is 10.1. The summed E-state index contributed by atoms with van der Waals surface area (Å²) in [6.07, 6.45) is 1.01. The smallest absolute Gasteiger partial charge is 0.178 e. The largest absolute Gasteiger partial charge is 0.293 e. The lowest BCUT2D eigenvalue weighted by atomic mass is 10.0. The fourth-order valence-corrected chi connectivity index (χ4v) is 4.24. The van der Waals surface area contributed by atoms with Crippen LogP contribution >= 0.6 is 34.5 Å². The van der Waals surface area contributed by atoms with Crippen molar-refractivity contribution in [1.29, 1.82) is 0 Å². The van der Waals surface area contributed by atoms with E-state index in [1.54, 1.807) is 29.5 Å². The van der Waals surface area contributed by atoms with Gasteiger partial charge in [-0.05, 0) is 48.6 Å². The normalized spacial score (nSPS) is 18.5. The lowest BCUT2D eigenvalue weighted by Crippen LogP contribution is -2.37. The standard InChI is InChI=1S/C16H15Cl2NOS/c1-10-12-5-7-21-16(12)4-6-19(10)9-15(20)13-3-2-11(17)8-14(13)18/h2-3,5,7-8,10H,4,6,9H2,1H3. The summed E-state index contributed by atoms with van der Waals surface area (Å²) >= 11 is 13.8. The molecule has 5 heteroatoms. The van der Waals surface area contributed by atoms with E-state index in [1.807, 2.05) is 0 Å². The fourth-order valence-electron chi connectivity index (χ4n) is 2.76. The number of hydrogen-bond acceptors (Lipinski definition) is 3. The predicted molar refractivity (Wildman–Crippen MR) is 88.8 cm³/mol. The zero-order valence-electron chi connectivity index (χ0n) is 11.6. The molecule has 2 aromatic rings. The van der Waals surface area contributed by atoms with Crippen LogP contribution in [0.5, 0.6) is 0 Å². The highest BCUT2D eigenvalue weighted by Gasteiger charge is 2.26. The molecule has 0 aliphatic carbocycles. The highest BCUT2D eigenvalue weighted by molar-refractivity contribution is 7.10. The average Bonchev–Trinajstić information content (AvgIpc) is 2.91. The van der Waals surface area contributed by atoms with Gasteiger partial charge >= 0.3 is 0 Å². The van der Waals surface area contributed by atoms with Crippen molar-refractivity contribution in [1.82, 2.24) is 4.90 Å². The van der Waals surface area contributed by atoms with Gasteiger partial charge in [-0.1, -0.05) is 23.2 Å². The lowest BCUT2D eigenvalue weighted by Gasteiger charge is -2.33. The SMILES string of the molecule is CC1c2ccsc2CCN1CC(=O)c1ccc(Cl)cc1Cl. The van der Waals surface area contributed by atoms with Gasteiger partial charge in [0, 0.05) is 28.0 Å². The van der Waals surface area contributed by atoms with Crippen LogP contribution in [0.2, 0.25) is 10.0 Å². The molecular formula is C16H15Cl2NOS. The Morgan fingerprint density at radius 2 is 2.19 bits per heavy atom. The first kappa shape index (κ1) is 15.0. The van der Waals surface area contributed by atoms with Crippen LogP contribution in [-0.2, 0) is 6.42 Å². The van der Waals surface area contributed by atoms with Gasteiger partial charge in [-0.3, -0.25) is 9.69 Å². The van der Waals surface area contributed by atoms with Gasteiger partial charge in [0.05, 0.1) is 11.6 Å². The maximum absolute atomic E-state index is 12.5. The van der Waals surface area contributed by atoms with Gasteiger partial charge in [0.1, 0.15) is 0 Å². The van der Waals surface area contributed by atoms with E-state index in [0.717, 1.165) is 13.0 Å². The van der Waals surface area contributed by atoms with Crippen LogP contribution in [0.25, 0.3) is 0 Å². The molecule has 0 spiro atoms. The molecule has 1 aliphatic heterocycles. The Hall–Kier alpha value is -0.870. The summed E-state index contributed by atoms with van der Waals surface area (Å²) in [5.74, 6) is 0.0437. The van der Waals surface area contributed by atoms with Crippen molar-refractivity contribution < 1.29 is 4.79 Å². The number of rotatable bonds is 3. The molecule has 21 heavy (non-hydrogen) atoms. The third-order valence-electron chi connectivity index (χ3n) is 3.98. The maximum atomic E-state index is 12.5. The number of halogens is 2. The number of carbonyl (C=O) groups excluding carboxylic acids is 1. The summed E-state index contributed by atoms with van der Waals surface area (Å²) < 4.78 is 0. The van der Waals surface area contributed by atoms with Crippen LogP contribution in [0.15, 0.2) is 29.6 Å². The molecular weight excluding hydrogens is 325 g/mol. The molecule has 0 saturated carbocycles. The second-order valence-electron chi connectivity index (χ2n) is 5.24. The Bertz CT molecular complexity index is 683. The molecule has 1 aromatic carbocycles. The minimum absolute atomic E-state index is 0.0437. The molecule has 0 fully saturated rings. The number of thiophene rings is 1. The van der Waals surface area contributed by atoms with Crippen LogP contribution in [0, 0.1) is 0 Å². The lowest BCUT2D eigenvalue weighted by molar-refractivity contribution is 0.0892. The molecule has 0 saturated heterocycles. The number of fused-ring (bicyclic) bond motifs is 1. The molecule has 0 bridgehead atoms. The van der Waals surface area contributed by atoms with Crippen LogP contribution in [0.3, 0.4) is 0 Å². The van der Waals surface area contributed by atoms with E-state index in [1.165, 1.54) is 10.4 Å². The number of nitrogens with zero attached hydrogens (tertiary/aromatic N) is 1. The van der Waals surface area contributed by atoms with Gasteiger partial charge in [0.15, 0.2) is 5.78 Å². The number of ketones is 1. The van der Waals surface area contributed by atoms with Crippen molar-refractivity contribution >= 4 is 40.3 Å². The monoisotopic (exact) mass is 339 g/mol. The summed E-state index contributed by atoms with van der Waals surface area (Å²) in [4.78, 5) is 16.1.